The van der Waals surface area contributed by atoms with Gasteiger partial charge in [-0.3, -0.25) is 0 Å². The fraction of sp³-hybridized carbons (Fsp3) is 0.533. The van der Waals surface area contributed by atoms with Gasteiger partial charge in [-0.25, -0.2) is 4.79 Å². The summed E-state index contributed by atoms with van der Waals surface area (Å²) in [5, 5.41) is 9.70. The van der Waals surface area contributed by atoms with Crippen molar-refractivity contribution in [3.63, 3.8) is 0 Å². The number of carbonyl (C=O) groups excluding carboxylic acids is 1. The number of hydrogen-bond donors (Lipinski definition) is 2. The summed E-state index contributed by atoms with van der Waals surface area (Å²) in [6, 6.07) is 5.46. The predicted molar refractivity (Wildman–Crippen MR) is 87.8 cm³/mol. The van der Waals surface area contributed by atoms with Gasteiger partial charge in [0.1, 0.15) is 5.52 Å². The van der Waals surface area contributed by atoms with E-state index in [0.29, 0.717) is 0 Å². The van der Waals surface area contributed by atoms with Crippen molar-refractivity contribution in [1.82, 2.24) is 14.9 Å². The Morgan fingerprint density at radius 1 is 1.19 bits per heavy atom. The number of benzene rings is 1. The molecule has 0 saturated carbocycles. The van der Waals surface area contributed by atoms with Crippen molar-refractivity contribution < 1.29 is 4.79 Å². The van der Waals surface area contributed by atoms with Crippen molar-refractivity contribution in [3.8, 4) is 0 Å². The van der Waals surface area contributed by atoms with Crippen LogP contribution in [0, 0.1) is 0 Å². The van der Waals surface area contributed by atoms with Crippen molar-refractivity contribution in [1.29, 1.82) is 0 Å². The summed E-state index contributed by atoms with van der Waals surface area (Å²) in [5.41, 5.74) is 1.56. The molecule has 1 heterocycles. The minimum absolute atomic E-state index is 0.161. The molecule has 2 aromatic rings. The van der Waals surface area contributed by atoms with Crippen LogP contribution in [0.3, 0.4) is 0 Å². The first-order valence-corrected chi connectivity index (χ1v) is 8.34. The van der Waals surface area contributed by atoms with E-state index >= 15 is 0 Å². The van der Waals surface area contributed by atoms with Gasteiger partial charge in [-0.1, -0.05) is 43.5 Å². The minimum atomic E-state index is -0.161. The predicted octanol–water partition coefficient (Wildman–Crippen LogP) is 4.17. The number of hydrogen-bond acceptors (Lipinski definition) is 4. The molecule has 0 aliphatic heterocycles. The van der Waals surface area contributed by atoms with Gasteiger partial charge in [0, 0.05) is 12.2 Å². The van der Waals surface area contributed by atoms with Crippen LogP contribution in [0.4, 0.5) is 10.5 Å². The second-order valence-electron chi connectivity index (χ2n) is 5.10. The molecule has 2 N–H and O–H groups in total. The highest BCUT2D eigenvalue weighted by Crippen LogP contribution is 2.19. The first-order chi connectivity index (χ1) is 10.3. The number of fused-ring (bicyclic) bond motifs is 1. The second-order valence-corrected chi connectivity index (χ2v) is 5.89. The Bertz CT molecular complexity index is 570. The lowest BCUT2D eigenvalue weighted by molar-refractivity contribution is 0.252. The highest BCUT2D eigenvalue weighted by atomic mass is 32.1. The first-order valence-electron chi connectivity index (χ1n) is 7.56. The SMILES string of the molecule is CCCCCCCCNC(=O)Nc1ccc2snnc2c1. The maximum atomic E-state index is 11.8. The number of nitrogens with one attached hydrogen (secondary N) is 2. The Morgan fingerprint density at radius 3 is 2.86 bits per heavy atom. The number of rotatable bonds is 8. The molecule has 0 atom stereocenters. The van der Waals surface area contributed by atoms with Crippen molar-refractivity contribution in [2.24, 2.45) is 0 Å². The summed E-state index contributed by atoms with van der Waals surface area (Å²) < 4.78 is 4.90. The summed E-state index contributed by atoms with van der Waals surface area (Å²) >= 11 is 1.35. The summed E-state index contributed by atoms with van der Waals surface area (Å²) in [4.78, 5) is 11.8. The number of unbranched alkanes of at least 4 members (excludes halogenated alkanes) is 5. The maximum Gasteiger partial charge on any atom is 0.319 e. The zero-order chi connectivity index (χ0) is 14.9. The maximum absolute atomic E-state index is 11.8. The molecular formula is C15H22N4OS. The number of aromatic nitrogens is 2. The quantitative estimate of drug-likeness (QED) is 0.719. The minimum Gasteiger partial charge on any atom is -0.338 e. The monoisotopic (exact) mass is 306 g/mol. The molecule has 21 heavy (non-hydrogen) atoms. The molecule has 0 fully saturated rings. The Hall–Kier alpha value is -1.69. The molecule has 0 radical (unpaired) electrons. The van der Waals surface area contributed by atoms with Gasteiger partial charge in [0.15, 0.2) is 0 Å². The van der Waals surface area contributed by atoms with E-state index in [4.69, 9.17) is 0 Å². The lowest BCUT2D eigenvalue weighted by Crippen LogP contribution is -2.29. The van der Waals surface area contributed by atoms with Gasteiger partial charge >= 0.3 is 6.03 Å². The van der Waals surface area contributed by atoms with E-state index in [2.05, 4.69) is 27.1 Å². The lowest BCUT2D eigenvalue weighted by atomic mass is 10.1. The summed E-state index contributed by atoms with van der Waals surface area (Å²) in [5.74, 6) is 0. The molecule has 2 rings (SSSR count). The smallest absolute Gasteiger partial charge is 0.319 e. The number of carbonyl (C=O) groups is 1. The fourth-order valence-corrected chi connectivity index (χ4v) is 2.68. The fourth-order valence-electron chi connectivity index (χ4n) is 2.14. The zero-order valence-electron chi connectivity index (χ0n) is 12.4. The van der Waals surface area contributed by atoms with Gasteiger partial charge < -0.3 is 10.6 Å². The van der Waals surface area contributed by atoms with Crippen LogP contribution in [0.2, 0.25) is 0 Å². The van der Waals surface area contributed by atoms with Crippen LogP contribution in [0.5, 0.6) is 0 Å². The largest absolute Gasteiger partial charge is 0.338 e. The molecule has 1 aromatic heterocycles. The summed E-state index contributed by atoms with van der Waals surface area (Å²) in [6.45, 7) is 2.93. The highest BCUT2D eigenvalue weighted by molar-refractivity contribution is 7.12. The van der Waals surface area contributed by atoms with Gasteiger partial charge in [-0.15, -0.1) is 5.10 Å². The van der Waals surface area contributed by atoms with Crippen LogP contribution >= 0.6 is 11.5 Å². The van der Waals surface area contributed by atoms with Crippen LogP contribution in [0.1, 0.15) is 45.4 Å². The van der Waals surface area contributed by atoms with Crippen LogP contribution in [0.25, 0.3) is 10.2 Å². The first kappa shape index (κ1) is 15.7. The van der Waals surface area contributed by atoms with E-state index in [9.17, 15) is 4.79 Å². The van der Waals surface area contributed by atoms with Crippen molar-refractivity contribution in [2.75, 3.05) is 11.9 Å². The number of nitrogens with zero attached hydrogens (tertiary/aromatic N) is 2. The molecule has 2 amide bonds. The van der Waals surface area contributed by atoms with Gasteiger partial charge in [0.25, 0.3) is 0 Å². The number of amides is 2. The molecule has 1 aromatic carbocycles. The third kappa shape index (κ3) is 5.30. The Labute approximate surface area is 129 Å². The molecule has 114 valence electrons. The van der Waals surface area contributed by atoms with Crippen molar-refractivity contribution in [3.05, 3.63) is 18.2 Å². The standard InChI is InChI=1S/C15H22N4OS/c1-2-3-4-5-6-7-10-16-15(20)17-12-8-9-14-13(11-12)18-19-21-14/h8-9,11H,2-7,10H2,1H3,(H2,16,17,20). The van der Waals surface area contributed by atoms with E-state index in [1.807, 2.05) is 18.2 Å². The average molecular weight is 306 g/mol. The summed E-state index contributed by atoms with van der Waals surface area (Å²) in [6.07, 6.45) is 7.33. The highest BCUT2D eigenvalue weighted by Gasteiger charge is 2.03. The van der Waals surface area contributed by atoms with E-state index in [1.54, 1.807) is 0 Å². The van der Waals surface area contributed by atoms with Crippen molar-refractivity contribution in [2.45, 2.75) is 45.4 Å². The molecule has 0 bridgehead atoms. The van der Waals surface area contributed by atoms with Gasteiger partial charge in [-0.2, -0.15) is 0 Å². The topological polar surface area (TPSA) is 66.9 Å². The normalized spacial score (nSPS) is 10.7. The van der Waals surface area contributed by atoms with E-state index in [0.717, 1.165) is 28.9 Å². The van der Waals surface area contributed by atoms with E-state index in [-0.39, 0.29) is 6.03 Å². The molecule has 0 aliphatic rings. The molecule has 5 nitrogen and oxygen atoms in total. The molecule has 0 unspecified atom stereocenters. The van der Waals surface area contributed by atoms with Gasteiger partial charge in [-0.05, 0) is 36.2 Å². The molecule has 6 heteroatoms. The third-order valence-electron chi connectivity index (χ3n) is 3.32. The van der Waals surface area contributed by atoms with E-state index in [1.165, 1.54) is 43.6 Å². The van der Waals surface area contributed by atoms with Crippen LogP contribution < -0.4 is 10.6 Å². The van der Waals surface area contributed by atoms with Gasteiger partial charge in [0.2, 0.25) is 0 Å². The van der Waals surface area contributed by atoms with Crippen LogP contribution in [0.15, 0.2) is 18.2 Å². The molecule has 0 saturated heterocycles. The third-order valence-corrected chi connectivity index (χ3v) is 4.03. The van der Waals surface area contributed by atoms with Crippen LogP contribution in [-0.4, -0.2) is 22.2 Å². The Balaban J connectivity index is 1.65. The molecular weight excluding hydrogens is 284 g/mol. The Kier molecular flexibility index (Phi) is 6.40. The average Bonchev–Trinajstić information content (AvgIpc) is 2.94. The summed E-state index contributed by atoms with van der Waals surface area (Å²) in [7, 11) is 0. The van der Waals surface area contributed by atoms with Crippen LogP contribution in [-0.2, 0) is 0 Å². The number of urea groups is 1. The van der Waals surface area contributed by atoms with E-state index < -0.39 is 0 Å². The zero-order valence-corrected chi connectivity index (χ0v) is 13.2. The molecule has 0 aliphatic carbocycles. The molecule has 0 spiro atoms. The Morgan fingerprint density at radius 2 is 2.00 bits per heavy atom. The number of anilines is 1. The second kappa shape index (κ2) is 8.56. The lowest BCUT2D eigenvalue weighted by Gasteiger charge is -2.07. The van der Waals surface area contributed by atoms with Gasteiger partial charge in [0.05, 0.1) is 4.70 Å². The van der Waals surface area contributed by atoms with Crippen molar-refractivity contribution >= 4 is 33.5 Å².